The van der Waals surface area contributed by atoms with Crippen LogP contribution < -0.4 is 10.6 Å². The lowest BCUT2D eigenvalue weighted by atomic mass is 9.97. The molecule has 6 nitrogen and oxygen atoms in total. The smallest absolute Gasteiger partial charge is 0.384 e. The molecule has 4 aromatic rings. The average molecular weight is 606 g/mol. The molecule has 1 amide bonds. The van der Waals surface area contributed by atoms with Crippen LogP contribution in [0.5, 0.6) is 0 Å². The number of nitrogens with one attached hydrogen (secondary N) is 2. The van der Waals surface area contributed by atoms with E-state index in [9.17, 15) is 23.1 Å². The van der Waals surface area contributed by atoms with Crippen molar-refractivity contribution in [1.29, 1.82) is 0 Å². The van der Waals surface area contributed by atoms with E-state index in [1.807, 2.05) is 0 Å². The molecule has 0 aliphatic carbocycles. The minimum atomic E-state index is -4.59. The molecule has 1 aromatic heterocycles. The highest BCUT2D eigenvalue weighted by Crippen LogP contribution is 2.46. The fourth-order valence-corrected chi connectivity index (χ4v) is 5.24. The molecule has 0 bridgehead atoms. The van der Waals surface area contributed by atoms with Crippen LogP contribution in [0, 0.1) is 0 Å². The molecule has 196 valence electrons. The van der Waals surface area contributed by atoms with Crippen molar-refractivity contribution in [3.8, 4) is 0 Å². The number of fused-ring (bicyclic) bond motifs is 1. The van der Waals surface area contributed by atoms with Gasteiger partial charge in [-0.15, -0.1) is 0 Å². The zero-order valence-corrected chi connectivity index (χ0v) is 21.9. The fraction of sp³-hybridized carbons (Fsp3) is 0.185. The Kier molecular flexibility index (Phi) is 7.21. The third-order valence-corrected chi connectivity index (χ3v) is 7.37. The van der Waals surface area contributed by atoms with Gasteiger partial charge in [0.15, 0.2) is 11.7 Å². The van der Waals surface area contributed by atoms with Gasteiger partial charge in [-0.05, 0) is 45.3 Å². The standard InChI is InChI=1S/C27H21BrClF3N4O2/c28-22-23(26(38)34-19-12-11-17(29)13-18(19)24(37)16-9-5-2-6-10-16)35-36-21(27(30,31)32)14-20(33-25(22)36)15-7-3-1-4-8-15/h1-13,20-21,24,33,37H,14H2,(H,34,38)/t20-,21-,24+/m0/s1. The third kappa shape index (κ3) is 5.16. The van der Waals surface area contributed by atoms with Crippen LogP contribution in [0.25, 0.3) is 0 Å². The van der Waals surface area contributed by atoms with Crippen molar-refractivity contribution in [3.05, 3.63) is 111 Å². The van der Waals surface area contributed by atoms with Crippen molar-refractivity contribution in [2.75, 3.05) is 10.6 Å². The number of benzene rings is 3. The van der Waals surface area contributed by atoms with E-state index in [4.69, 9.17) is 11.6 Å². The first-order valence-electron chi connectivity index (χ1n) is 11.6. The Morgan fingerprint density at radius 3 is 2.42 bits per heavy atom. The first kappa shape index (κ1) is 26.3. The first-order chi connectivity index (χ1) is 18.1. The van der Waals surface area contributed by atoms with Gasteiger partial charge in [0.2, 0.25) is 0 Å². The maximum atomic E-state index is 14.1. The second-order valence-corrected chi connectivity index (χ2v) is 10.1. The molecule has 5 rings (SSSR count). The predicted molar refractivity (Wildman–Crippen MR) is 142 cm³/mol. The van der Waals surface area contributed by atoms with Crippen molar-refractivity contribution in [3.63, 3.8) is 0 Å². The lowest BCUT2D eigenvalue weighted by Gasteiger charge is -2.33. The molecule has 0 saturated heterocycles. The summed E-state index contributed by atoms with van der Waals surface area (Å²) in [4.78, 5) is 13.3. The molecule has 0 radical (unpaired) electrons. The number of carbonyl (C=O) groups is 1. The van der Waals surface area contributed by atoms with Gasteiger partial charge in [0, 0.05) is 22.7 Å². The Morgan fingerprint density at radius 1 is 1.11 bits per heavy atom. The number of hydrogen-bond acceptors (Lipinski definition) is 4. The molecular formula is C27H21BrClF3N4O2. The van der Waals surface area contributed by atoms with Gasteiger partial charge >= 0.3 is 6.18 Å². The SMILES string of the molecule is O=C(Nc1ccc(Cl)cc1[C@H](O)c1ccccc1)c1nn2c(c1Br)N[C@H](c1ccccc1)C[C@H]2C(F)(F)F. The second-order valence-electron chi connectivity index (χ2n) is 8.86. The van der Waals surface area contributed by atoms with Crippen LogP contribution in [0.15, 0.2) is 83.3 Å². The summed E-state index contributed by atoms with van der Waals surface area (Å²) in [6.07, 6.45) is -5.99. The molecule has 1 aliphatic heterocycles. The topological polar surface area (TPSA) is 79.2 Å². The van der Waals surface area contributed by atoms with Crippen LogP contribution in [0.1, 0.15) is 51.8 Å². The van der Waals surface area contributed by atoms with Crippen molar-refractivity contribution < 1.29 is 23.1 Å². The zero-order chi connectivity index (χ0) is 27.0. The number of aliphatic hydroxyl groups excluding tert-OH is 1. The molecule has 0 unspecified atom stereocenters. The van der Waals surface area contributed by atoms with E-state index in [1.165, 1.54) is 18.2 Å². The van der Waals surface area contributed by atoms with Gasteiger partial charge in [-0.3, -0.25) is 4.79 Å². The van der Waals surface area contributed by atoms with Crippen molar-refractivity contribution in [1.82, 2.24) is 9.78 Å². The van der Waals surface area contributed by atoms with Gasteiger partial charge in [0.05, 0.1) is 10.5 Å². The Labute approximate surface area is 229 Å². The highest BCUT2D eigenvalue weighted by atomic mass is 79.9. The van der Waals surface area contributed by atoms with Crippen LogP contribution in [0.3, 0.4) is 0 Å². The van der Waals surface area contributed by atoms with Gasteiger partial charge in [-0.2, -0.15) is 18.3 Å². The minimum Gasteiger partial charge on any atom is -0.384 e. The Hall–Kier alpha value is -3.34. The zero-order valence-electron chi connectivity index (χ0n) is 19.6. The molecule has 3 atom stereocenters. The summed E-state index contributed by atoms with van der Waals surface area (Å²) in [5, 5.41) is 21.1. The van der Waals surface area contributed by atoms with Gasteiger partial charge in [0.1, 0.15) is 11.9 Å². The number of halogens is 5. The Balaban J connectivity index is 1.49. The number of amides is 1. The monoisotopic (exact) mass is 604 g/mol. The van der Waals surface area contributed by atoms with Crippen LogP contribution in [0.4, 0.5) is 24.7 Å². The number of alkyl halides is 3. The van der Waals surface area contributed by atoms with E-state index in [-0.39, 0.29) is 28.1 Å². The number of nitrogens with zero attached hydrogens (tertiary/aromatic N) is 2. The van der Waals surface area contributed by atoms with Crippen LogP contribution in [-0.2, 0) is 0 Å². The predicted octanol–water partition coefficient (Wildman–Crippen LogP) is 7.29. The van der Waals surface area contributed by atoms with Gasteiger partial charge < -0.3 is 15.7 Å². The number of aliphatic hydroxyl groups is 1. The number of anilines is 2. The lowest BCUT2D eigenvalue weighted by Crippen LogP contribution is -2.35. The summed E-state index contributed by atoms with van der Waals surface area (Å²) < 4.78 is 43.2. The Bertz CT molecular complexity index is 1460. The largest absolute Gasteiger partial charge is 0.410 e. The quantitative estimate of drug-likeness (QED) is 0.223. The highest BCUT2D eigenvalue weighted by Gasteiger charge is 2.47. The second kappa shape index (κ2) is 10.4. The van der Waals surface area contributed by atoms with Gasteiger partial charge in [-0.25, -0.2) is 4.68 Å². The molecule has 38 heavy (non-hydrogen) atoms. The molecule has 11 heteroatoms. The summed E-state index contributed by atoms with van der Waals surface area (Å²) >= 11 is 9.45. The van der Waals surface area contributed by atoms with E-state index < -0.39 is 30.3 Å². The van der Waals surface area contributed by atoms with E-state index in [2.05, 4.69) is 31.7 Å². The van der Waals surface area contributed by atoms with Crippen molar-refractivity contribution in [2.24, 2.45) is 0 Å². The van der Waals surface area contributed by atoms with Crippen molar-refractivity contribution >= 4 is 44.9 Å². The number of rotatable bonds is 5. The van der Waals surface area contributed by atoms with E-state index >= 15 is 0 Å². The lowest BCUT2D eigenvalue weighted by molar-refractivity contribution is -0.173. The van der Waals surface area contributed by atoms with E-state index in [0.29, 0.717) is 21.7 Å². The molecule has 0 fully saturated rings. The maximum absolute atomic E-state index is 14.1. The van der Waals surface area contributed by atoms with Crippen LogP contribution in [-0.4, -0.2) is 27.0 Å². The summed E-state index contributed by atoms with van der Waals surface area (Å²) in [6, 6.07) is 19.6. The summed E-state index contributed by atoms with van der Waals surface area (Å²) in [5.41, 5.74) is 1.61. The van der Waals surface area contributed by atoms with Crippen molar-refractivity contribution in [2.45, 2.75) is 30.8 Å². The molecule has 3 aromatic carbocycles. The normalized spacial score (nSPS) is 17.8. The highest BCUT2D eigenvalue weighted by molar-refractivity contribution is 9.10. The third-order valence-electron chi connectivity index (χ3n) is 6.38. The van der Waals surface area contributed by atoms with Gasteiger partial charge in [0.25, 0.3) is 5.91 Å². The van der Waals surface area contributed by atoms with Crippen LogP contribution >= 0.6 is 27.5 Å². The van der Waals surface area contributed by atoms with E-state index in [1.54, 1.807) is 60.7 Å². The van der Waals surface area contributed by atoms with Crippen LogP contribution in [0.2, 0.25) is 5.02 Å². The minimum absolute atomic E-state index is 0.0539. The maximum Gasteiger partial charge on any atom is 0.410 e. The van der Waals surface area contributed by atoms with E-state index in [0.717, 1.165) is 4.68 Å². The van der Waals surface area contributed by atoms with Gasteiger partial charge in [-0.1, -0.05) is 72.3 Å². The molecule has 1 aliphatic rings. The first-order valence-corrected chi connectivity index (χ1v) is 12.8. The molecule has 3 N–H and O–H groups in total. The molecular weight excluding hydrogens is 585 g/mol. The number of aromatic nitrogens is 2. The summed E-state index contributed by atoms with van der Waals surface area (Å²) in [7, 11) is 0. The number of hydrogen-bond donors (Lipinski definition) is 3. The number of carbonyl (C=O) groups excluding carboxylic acids is 1. The average Bonchev–Trinajstić information content (AvgIpc) is 3.25. The Morgan fingerprint density at radius 2 is 1.76 bits per heavy atom. The summed E-state index contributed by atoms with van der Waals surface area (Å²) in [6.45, 7) is 0. The molecule has 0 spiro atoms. The summed E-state index contributed by atoms with van der Waals surface area (Å²) in [5.74, 6) is -0.695. The fourth-order valence-electron chi connectivity index (χ4n) is 4.51. The molecule has 0 saturated carbocycles. The molecule has 2 heterocycles.